The zero-order chi connectivity index (χ0) is 9.14. The first-order valence-corrected chi connectivity index (χ1v) is 4.75. The Labute approximate surface area is 74.8 Å². The summed E-state index contributed by atoms with van der Waals surface area (Å²) in [6.07, 6.45) is -0.215. The molecule has 0 aromatic carbocycles. The summed E-state index contributed by atoms with van der Waals surface area (Å²) in [6, 6.07) is 1.09. The minimum atomic E-state index is -0.215. The molecule has 2 N–H and O–H groups in total. The SMILES string of the molecule is CC(O)CN1C(C)CNCC1C. The van der Waals surface area contributed by atoms with Crippen LogP contribution in [0.3, 0.4) is 0 Å². The first kappa shape index (κ1) is 9.96. The van der Waals surface area contributed by atoms with Crippen LogP contribution in [0.5, 0.6) is 0 Å². The van der Waals surface area contributed by atoms with Crippen molar-refractivity contribution in [2.75, 3.05) is 19.6 Å². The lowest BCUT2D eigenvalue weighted by atomic mass is 10.1. The molecule has 0 bridgehead atoms. The number of aliphatic hydroxyl groups is 1. The molecule has 1 fully saturated rings. The van der Waals surface area contributed by atoms with Crippen molar-refractivity contribution in [3.8, 4) is 0 Å². The minimum absolute atomic E-state index is 0.215. The summed E-state index contributed by atoms with van der Waals surface area (Å²) in [5.74, 6) is 0. The van der Waals surface area contributed by atoms with Crippen molar-refractivity contribution in [3.63, 3.8) is 0 Å². The van der Waals surface area contributed by atoms with Crippen molar-refractivity contribution in [1.29, 1.82) is 0 Å². The van der Waals surface area contributed by atoms with E-state index in [1.54, 1.807) is 0 Å². The number of nitrogens with zero attached hydrogens (tertiary/aromatic N) is 1. The Kier molecular flexibility index (Phi) is 3.50. The summed E-state index contributed by atoms with van der Waals surface area (Å²) >= 11 is 0. The van der Waals surface area contributed by atoms with E-state index in [0.29, 0.717) is 12.1 Å². The topological polar surface area (TPSA) is 35.5 Å². The van der Waals surface area contributed by atoms with Gasteiger partial charge in [-0.1, -0.05) is 0 Å². The predicted molar refractivity (Wildman–Crippen MR) is 50.2 cm³/mol. The van der Waals surface area contributed by atoms with Crippen LogP contribution in [0.4, 0.5) is 0 Å². The summed E-state index contributed by atoms with van der Waals surface area (Å²) in [7, 11) is 0. The van der Waals surface area contributed by atoms with E-state index < -0.39 is 0 Å². The highest BCUT2D eigenvalue weighted by Crippen LogP contribution is 2.09. The second-order valence-corrected chi connectivity index (χ2v) is 3.90. The molecule has 1 aliphatic heterocycles. The largest absolute Gasteiger partial charge is 0.392 e. The fourth-order valence-electron chi connectivity index (χ4n) is 1.84. The Morgan fingerprint density at radius 1 is 1.42 bits per heavy atom. The zero-order valence-electron chi connectivity index (χ0n) is 8.25. The molecule has 1 heterocycles. The van der Waals surface area contributed by atoms with Gasteiger partial charge in [0, 0.05) is 31.7 Å². The molecule has 0 aromatic rings. The highest BCUT2D eigenvalue weighted by Gasteiger charge is 2.24. The highest BCUT2D eigenvalue weighted by atomic mass is 16.3. The summed E-state index contributed by atoms with van der Waals surface area (Å²) in [4.78, 5) is 2.36. The average molecular weight is 172 g/mol. The van der Waals surface area contributed by atoms with Crippen LogP contribution in [-0.4, -0.2) is 47.8 Å². The van der Waals surface area contributed by atoms with Crippen LogP contribution >= 0.6 is 0 Å². The third-order valence-corrected chi connectivity index (χ3v) is 2.49. The Hall–Kier alpha value is -0.120. The van der Waals surface area contributed by atoms with Crippen LogP contribution in [0.15, 0.2) is 0 Å². The third kappa shape index (κ3) is 2.44. The predicted octanol–water partition coefficient (Wildman–Crippen LogP) is 0.0494. The second kappa shape index (κ2) is 4.21. The molecule has 3 unspecified atom stereocenters. The van der Waals surface area contributed by atoms with Gasteiger partial charge in [-0.2, -0.15) is 0 Å². The zero-order valence-corrected chi connectivity index (χ0v) is 8.25. The van der Waals surface area contributed by atoms with Crippen LogP contribution in [0.2, 0.25) is 0 Å². The maximum absolute atomic E-state index is 9.28. The molecular formula is C9H20N2O. The van der Waals surface area contributed by atoms with Crippen molar-refractivity contribution in [2.45, 2.75) is 39.0 Å². The molecule has 1 saturated heterocycles. The Balaban J connectivity index is 2.45. The van der Waals surface area contributed by atoms with E-state index in [4.69, 9.17) is 0 Å². The molecule has 0 amide bonds. The fraction of sp³-hybridized carbons (Fsp3) is 1.00. The van der Waals surface area contributed by atoms with E-state index in [1.165, 1.54) is 0 Å². The number of nitrogens with one attached hydrogen (secondary N) is 1. The lowest BCUT2D eigenvalue weighted by Gasteiger charge is -2.40. The Morgan fingerprint density at radius 3 is 2.33 bits per heavy atom. The number of piperazine rings is 1. The fourth-order valence-corrected chi connectivity index (χ4v) is 1.84. The van der Waals surface area contributed by atoms with Gasteiger partial charge in [-0.05, 0) is 20.8 Å². The van der Waals surface area contributed by atoms with E-state index >= 15 is 0 Å². The van der Waals surface area contributed by atoms with E-state index in [2.05, 4.69) is 24.1 Å². The number of rotatable bonds is 2. The molecule has 0 radical (unpaired) electrons. The molecule has 72 valence electrons. The van der Waals surface area contributed by atoms with Gasteiger partial charge in [-0.15, -0.1) is 0 Å². The number of hydrogen-bond acceptors (Lipinski definition) is 3. The lowest BCUT2D eigenvalue weighted by Crippen LogP contribution is -2.56. The minimum Gasteiger partial charge on any atom is -0.392 e. The second-order valence-electron chi connectivity index (χ2n) is 3.90. The van der Waals surface area contributed by atoms with E-state index in [1.807, 2.05) is 6.92 Å². The highest BCUT2D eigenvalue weighted by molar-refractivity contribution is 4.83. The average Bonchev–Trinajstić information content (AvgIpc) is 1.97. The molecule has 0 aromatic heterocycles. The van der Waals surface area contributed by atoms with Crippen LogP contribution in [0.25, 0.3) is 0 Å². The third-order valence-electron chi connectivity index (χ3n) is 2.49. The monoisotopic (exact) mass is 172 g/mol. The van der Waals surface area contributed by atoms with Gasteiger partial charge in [0.2, 0.25) is 0 Å². The molecular weight excluding hydrogens is 152 g/mol. The standard InChI is InChI=1S/C9H20N2O/c1-7-4-10-5-8(2)11(7)6-9(3)12/h7-10,12H,4-6H2,1-3H3. The first-order chi connectivity index (χ1) is 5.61. The number of hydrogen-bond donors (Lipinski definition) is 2. The van der Waals surface area contributed by atoms with Crippen LogP contribution in [0.1, 0.15) is 20.8 Å². The number of aliphatic hydroxyl groups excluding tert-OH is 1. The van der Waals surface area contributed by atoms with Gasteiger partial charge >= 0.3 is 0 Å². The molecule has 0 aliphatic carbocycles. The van der Waals surface area contributed by atoms with Crippen molar-refractivity contribution in [2.24, 2.45) is 0 Å². The van der Waals surface area contributed by atoms with Crippen LogP contribution in [0, 0.1) is 0 Å². The normalized spacial score (nSPS) is 35.0. The maximum Gasteiger partial charge on any atom is 0.0639 e. The lowest BCUT2D eigenvalue weighted by molar-refractivity contribution is 0.0574. The van der Waals surface area contributed by atoms with Gasteiger partial charge in [0.1, 0.15) is 0 Å². The Bertz CT molecular complexity index is 128. The van der Waals surface area contributed by atoms with Crippen molar-refractivity contribution in [3.05, 3.63) is 0 Å². The van der Waals surface area contributed by atoms with E-state index in [-0.39, 0.29) is 6.10 Å². The van der Waals surface area contributed by atoms with Crippen LogP contribution in [-0.2, 0) is 0 Å². The summed E-state index contributed by atoms with van der Waals surface area (Å²) in [5, 5.41) is 12.6. The van der Waals surface area contributed by atoms with Gasteiger partial charge in [0.25, 0.3) is 0 Å². The van der Waals surface area contributed by atoms with Gasteiger partial charge < -0.3 is 10.4 Å². The van der Waals surface area contributed by atoms with Gasteiger partial charge in [0.05, 0.1) is 6.10 Å². The van der Waals surface area contributed by atoms with Gasteiger partial charge in [-0.25, -0.2) is 0 Å². The molecule has 1 rings (SSSR count). The molecule has 12 heavy (non-hydrogen) atoms. The van der Waals surface area contributed by atoms with Gasteiger partial charge in [0.15, 0.2) is 0 Å². The molecule has 1 aliphatic rings. The van der Waals surface area contributed by atoms with Crippen LogP contribution < -0.4 is 5.32 Å². The molecule has 0 saturated carbocycles. The molecule has 3 nitrogen and oxygen atoms in total. The maximum atomic E-state index is 9.28. The molecule has 0 spiro atoms. The van der Waals surface area contributed by atoms with Crippen molar-refractivity contribution < 1.29 is 5.11 Å². The molecule has 3 heteroatoms. The van der Waals surface area contributed by atoms with Crippen molar-refractivity contribution >= 4 is 0 Å². The summed E-state index contributed by atoms with van der Waals surface area (Å²) in [5.41, 5.74) is 0. The van der Waals surface area contributed by atoms with Gasteiger partial charge in [-0.3, -0.25) is 4.90 Å². The van der Waals surface area contributed by atoms with E-state index in [9.17, 15) is 5.11 Å². The van der Waals surface area contributed by atoms with E-state index in [0.717, 1.165) is 19.6 Å². The molecule has 3 atom stereocenters. The quantitative estimate of drug-likeness (QED) is 0.618. The van der Waals surface area contributed by atoms with Crippen molar-refractivity contribution in [1.82, 2.24) is 10.2 Å². The summed E-state index contributed by atoms with van der Waals surface area (Å²) in [6.45, 7) is 9.12. The first-order valence-electron chi connectivity index (χ1n) is 4.75. The number of β-amino-alcohol motifs (C(OH)–C–C–N with tert-alkyl or cyclic N) is 1. The Morgan fingerprint density at radius 2 is 1.92 bits per heavy atom. The smallest absolute Gasteiger partial charge is 0.0639 e. The summed E-state index contributed by atoms with van der Waals surface area (Å²) < 4.78 is 0.